The van der Waals surface area contributed by atoms with Crippen molar-refractivity contribution in [2.75, 3.05) is 11.1 Å². The molecule has 120 valence electrons. The van der Waals surface area contributed by atoms with Crippen LogP contribution in [0.25, 0.3) is 0 Å². The Hall–Kier alpha value is -1.72. The van der Waals surface area contributed by atoms with E-state index in [1.165, 1.54) is 4.57 Å². The van der Waals surface area contributed by atoms with E-state index in [1.807, 2.05) is 13.8 Å². The fraction of sp³-hybridized carbons (Fsp3) is 0.733. The van der Waals surface area contributed by atoms with Gasteiger partial charge < -0.3 is 11.1 Å². The maximum absolute atomic E-state index is 11.9. The van der Waals surface area contributed by atoms with Crippen LogP contribution in [0.1, 0.15) is 53.4 Å². The lowest BCUT2D eigenvalue weighted by molar-refractivity contribution is 0.527. The quantitative estimate of drug-likeness (QED) is 0.685. The molecule has 1 rings (SSSR count). The van der Waals surface area contributed by atoms with Gasteiger partial charge in [0.05, 0.1) is 0 Å². The van der Waals surface area contributed by atoms with Crippen molar-refractivity contribution in [3.8, 4) is 0 Å². The van der Waals surface area contributed by atoms with Crippen LogP contribution in [0.5, 0.6) is 0 Å². The van der Waals surface area contributed by atoms with Gasteiger partial charge in [-0.15, -0.1) is 0 Å². The molecule has 6 heteroatoms. The number of hydrogen-bond acceptors (Lipinski definition) is 4. The van der Waals surface area contributed by atoms with E-state index < -0.39 is 11.2 Å². The standard InChI is InChI=1S/C15H28N4O2/c1-5-6-9-19-13(16)12(14(20)18-15(19)21)17-11(4)8-7-10(2)3/h10-11,17H,5-9,16H2,1-4H3,(H,18,20,21). The number of aromatic amines is 1. The van der Waals surface area contributed by atoms with Crippen LogP contribution in [0.4, 0.5) is 11.5 Å². The molecule has 0 amide bonds. The fourth-order valence-electron chi connectivity index (χ4n) is 2.17. The number of rotatable bonds is 8. The molecule has 1 heterocycles. The topological polar surface area (TPSA) is 92.9 Å². The predicted molar refractivity (Wildman–Crippen MR) is 87.8 cm³/mol. The van der Waals surface area contributed by atoms with E-state index in [2.05, 4.69) is 24.1 Å². The van der Waals surface area contributed by atoms with Crippen LogP contribution in [0.15, 0.2) is 9.59 Å². The Bertz CT molecular complexity index is 560. The van der Waals surface area contributed by atoms with E-state index in [0.717, 1.165) is 25.7 Å². The molecule has 0 radical (unpaired) electrons. The molecule has 0 spiro atoms. The Morgan fingerprint density at radius 1 is 1.24 bits per heavy atom. The van der Waals surface area contributed by atoms with Gasteiger partial charge in [-0.1, -0.05) is 27.2 Å². The van der Waals surface area contributed by atoms with Crippen LogP contribution in [-0.2, 0) is 6.54 Å². The lowest BCUT2D eigenvalue weighted by Crippen LogP contribution is -2.35. The average Bonchev–Trinajstić information content (AvgIpc) is 2.41. The van der Waals surface area contributed by atoms with Crippen LogP contribution in [0, 0.1) is 5.92 Å². The van der Waals surface area contributed by atoms with Gasteiger partial charge >= 0.3 is 5.69 Å². The number of hydrogen-bond donors (Lipinski definition) is 3. The molecule has 1 aromatic rings. The highest BCUT2D eigenvalue weighted by Gasteiger charge is 2.14. The Kier molecular flexibility index (Phi) is 6.52. The summed E-state index contributed by atoms with van der Waals surface area (Å²) in [6, 6.07) is 0.132. The van der Waals surface area contributed by atoms with Crippen molar-refractivity contribution in [3.63, 3.8) is 0 Å². The molecule has 1 unspecified atom stereocenters. The van der Waals surface area contributed by atoms with E-state index in [-0.39, 0.29) is 11.9 Å². The molecule has 0 aliphatic rings. The highest BCUT2D eigenvalue weighted by molar-refractivity contribution is 5.60. The number of nitrogens with two attached hydrogens (primary N) is 1. The highest BCUT2D eigenvalue weighted by atomic mass is 16.2. The summed E-state index contributed by atoms with van der Waals surface area (Å²) in [6.45, 7) is 8.91. The first-order valence-corrected chi connectivity index (χ1v) is 7.75. The largest absolute Gasteiger partial charge is 0.383 e. The van der Waals surface area contributed by atoms with Gasteiger partial charge in [0.25, 0.3) is 5.56 Å². The minimum atomic E-state index is -0.443. The Morgan fingerprint density at radius 3 is 2.48 bits per heavy atom. The van der Waals surface area contributed by atoms with Gasteiger partial charge in [0, 0.05) is 12.6 Å². The summed E-state index contributed by atoms with van der Waals surface area (Å²) in [6.07, 6.45) is 3.82. The number of anilines is 2. The fourth-order valence-corrected chi connectivity index (χ4v) is 2.17. The minimum absolute atomic E-state index is 0.132. The minimum Gasteiger partial charge on any atom is -0.383 e. The van der Waals surface area contributed by atoms with Crippen molar-refractivity contribution in [1.82, 2.24) is 9.55 Å². The van der Waals surface area contributed by atoms with Gasteiger partial charge in [0.15, 0.2) is 0 Å². The van der Waals surface area contributed by atoms with Crippen LogP contribution in [0.2, 0.25) is 0 Å². The van der Waals surface area contributed by atoms with E-state index >= 15 is 0 Å². The molecule has 0 aliphatic carbocycles. The van der Waals surface area contributed by atoms with Crippen molar-refractivity contribution in [3.05, 3.63) is 20.8 Å². The number of H-pyrrole nitrogens is 1. The van der Waals surface area contributed by atoms with Gasteiger partial charge in [-0.25, -0.2) is 4.79 Å². The third kappa shape index (κ3) is 4.95. The lowest BCUT2D eigenvalue weighted by atomic mass is 10.0. The van der Waals surface area contributed by atoms with Crippen LogP contribution >= 0.6 is 0 Å². The molecule has 0 saturated carbocycles. The first-order valence-electron chi connectivity index (χ1n) is 7.75. The van der Waals surface area contributed by atoms with E-state index in [0.29, 0.717) is 18.2 Å². The zero-order valence-corrected chi connectivity index (χ0v) is 13.5. The second-order valence-corrected chi connectivity index (χ2v) is 6.04. The van der Waals surface area contributed by atoms with Gasteiger partial charge in [-0.3, -0.25) is 14.3 Å². The molecule has 1 atom stereocenters. The molecule has 0 saturated heterocycles. The first kappa shape index (κ1) is 17.3. The van der Waals surface area contributed by atoms with Crippen LogP contribution < -0.4 is 22.3 Å². The number of unbranched alkanes of at least 4 members (excludes halogenated alkanes) is 1. The Labute approximate surface area is 125 Å². The summed E-state index contributed by atoms with van der Waals surface area (Å²) in [5.41, 5.74) is 5.44. The molecule has 0 fully saturated rings. The number of aromatic nitrogens is 2. The third-order valence-electron chi connectivity index (χ3n) is 3.54. The second-order valence-electron chi connectivity index (χ2n) is 6.04. The van der Waals surface area contributed by atoms with Gasteiger partial charge in [-0.05, 0) is 32.1 Å². The molecular formula is C15H28N4O2. The van der Waals surface area contributed by atoms with Crippen molar-refractivity contribution in [1.29, 1.82) is 0 Å². The summed E-state index contributed by atoms with van der Waals surface area (Å²) in [4.78, 5) is 26.1. The molecule has 0 aliphatic heterocycles. The third-order valence-corrected chi connectivity index (χ3v) is 3.54. The summed E-state index contributed by atoms with van der Waals surface area (Å²) in [5.74, 6) is 0.844. The summed E-state index contributed by atoms with van der Waals surface area (Å²) < 4.78 is 1.43. The molecule has 21 heavy (non-hydrogen) atoms. The molecule has 6 nitrogen and oxygen atoms in total. The van der Waals surface area contributed by atoms with Gasteiger partial charge in [0.1, 0.15) is 11.5 Å². The zero-order chi connectivity index (χ0) is 16.0. The van der Waals surface area contributed by atoms with Crippen LogP contribution in [-0.4, -0.2) is 15.6 Å². The molecular weight excluding hydrogens is 268 g/mol. The normalized spacial score (nSPS) is 12.6. The lowest BCUT2D eigenvalue weighted by Gasteiger charge is -2.18. The van der Waals surface area contributed by atoms with E-state index in [9.17, 15) is 9.59 Å². The molecule has 0 aromatic carbocycles. The van der Waals surface area contributed by atoms with E-state index in [4.69, 9.17) is 5.73 Å². The molecule has 4 N–H and O–H groups in total. The van der Waals surface area contributed by atoms with Crippen molar-refractivity contribution >= 4 is 11.5 Å². The SMILES string of the molecule is CCCCn1c(N)c(NC(C)CCC(C)C)c(=O)[nH]c1=O. The summed E-state index contributed by atoms with van der Waals surface area (Å²) >= 11 is 0. The maximum atomic E-state index is 11.9. The molecule has 1 aromatic heterocycles. The summed E-state index contributed by atoms with van der Waals surface area (Å²) in [5, 5.41) is 3.15. The van der Waals surface area contributed by atoms with E-state index in [1.54, 1.807) is 0 Å². The average molecular weight is 296 g/mol. The summed E-state index contributed by atoms with van der Waals surface area (Å²) in [7, 11) is 0. The molecule has 0 bridgehead atoms. The zero-order valence-electron chi connectivity index (χ0n) is 13.5. The van der Waals surface area contributed by atoms with Crippen molar-refractivity contribution in [2.24, 2.45) is 5.92 Å². The number of nitrogens with zero attached hydrogens (tertiary/aromatic N) is 1. The first-order chi connectivity index (χ1) is 9.86. The Balaban J connectivity index is 2.96. The van der Waals surface area contributed by atoms with Gasteiger partial charge in [0.2, 0.25) is 0 Å². The Morgan fingerprint density at radius 2 is 1.90 bits per heavy atom. The predicted octanol–water partition coefficient (Wildman–Crippen LogP) is 2.16. The monoisotopic (exact) mass is 296 g/mol. The van der Waals surface area contributed by atoms with Crippen molar-refractivity contribution in [2.45, 2.75) is 66.0 Å². The number of nitrogens with one attached hydrogen (secondary N) is 2. The smallest absolute Gasteiger partial charge is 0.330 e. The highest BCUT2D eigenvalue weighted by Crippen LogP contribution is 2.15. The van der Waals surface area contributed by atoms with Crippen molar-refractivity contribution < 1.29 is 0 Å². The second kappa shape index (κ2) is 7.90. The van der Waals surface area contributed by atoms with Gasteiger partial charge in [-0.2, -0.15) is 0 Å². The maximum Gasteiger partial charge on any atom is 0.330 e. The van der Waals surface area contributed by atoms with Crippen LogP contribution in [0.3, 0.4) is 0 Å². The number of nitrogen functional groups attached to an aromatic ring is 1.